The molecule has 1 N–H and O–H groups in total. The van der Waals surface area contributed by atoms with Crippen LogP contribution in [0.25, 0.3) is 10.2 Å². The number of benzene rings is 2. The van der Waals surface area contributed by atoms with Gasteiger partial charge in [0.25, 0.3) is 0 Å². The maximum absolute atomic E-state index is 12.6. The van der Waals surface area contributed by atoms with Gasteiger partial charge < -0.3 is 14.0 Å². The fourth-order valence-electron chi connectivity index (χ4n) is 2.56. The van der Waals surface area contributed by atoms with Crippen molar-refractivity contribution in [3.8, 4) is 11.5 Å². The Balaban J connectivity index is 1.89. The molecule has 0 spiro atoms. The van der Waals surface area contributed by atoms with E-state index in [0.717, 1.165) is 11.3 Å². The van der Waals surface area contributed by atoms with Gasteiger partial charge in [-0.25, -0.2) is 13.1 Å². The van der Waals surface area contributed by atoms with E-state index in [-0.39, 0.29) is 16.3 Å². The van der Waals surface area contributed by atoms with Crippen LogP contribution in [0, 0.1) is 0 Å². The number of aromatic nitrogens is 1. The number of methoxy groups -OCH3 is 2. The summed E-state index contributed by atoms with van der Waals surface area (Å²) in [6.07, 6.45) is 0. The number of rotatable bonds is 6. The molecule has 138 valence electrons. The normalized spacial score (nSPS) is 11.7. The largest absolute Gasteiger partial charge is 0.497 e. The molecule has 3 aromatic rings. The first-order chi connectivity index (χ1) is 12.4. The van der Waals surface area contributed by atoms with Crippen molar-refractivity contribution in [3.05, 3.63) is 51.6 Å². The molecule has 0 fully saturated rings. The Bertz CT molecular complexity index is 1120. The molecule has 26 heavy (non-hydrogen) atoms. The lowest BCUT2D eigenvalue weighted by Gasteiger charge is -2.12. The molecule has 0 saturated carbocycles. The summed E-state index contributed by atoms with van der Waals surface area (Å²) in [5.74, 6) is 1.17. The second-order valence-electron chi connectivity index (χ2n) is 5.56. The van der Waals surface area contributed by atoms with Gasteiger partial charge in [-0.2, -0.15) is 0 Å². The van der Waals surface area contributed by atoms with E-state index in [1.165, 1.54) is 30.9 Å². The van der Waals surface area contributed by atoms with Crippen molar-refractivity contribution in [2.24, 2.45) is 7.05 Å². The van der Waals surface area contributed by atoms with E-state index >= 15 is 0 Å². The van der Waals surface area contributed by atoms with Crippen molar-refractivity contribution in [1.29, 1.82) is 0 Å². The minimum Gasteiger partial charge on any atom is -0.497 e. The summed E-state index contributed by atoms with van der Waals surface area (Å²) in [6, 6.07) is 9.80. The Morgan fingerprint density at radius 2 is 1.88 bits per heavy atom. The van der Waals surface area contributed by atoms with Gasteiger partial charge in [-0.3, -0.25) is 4.79 Å². The number of hydrogen-bond donors (Lipinski definition) is 1. The Morgan fingerprint density at radius 1 is 1.12 bits per heavy atom. The fourth-order valence-corrected chi connectivity index (χ4v) is 4.58. The zero-order valence-corrected chi connectivity index (χ0v) is 16.1. The predicted octanol–water partition coefficient (Wildman–Crippen LogP) is 2.10. The molecule has 0 aliphatic carbocycles. The fraction of sp³-hybridized carbons (Fsp3) is 0.235. The van der Waals surface area contributed by atoms with E-state index in [0.29, 0.717) is 27.3 Å². The third-order valence-electron chi connectivity index (χ3n) is 4.01. The zero-order valence-electron chi connectivity index (χ0n) is 14.5. The van der Waals surface area contributed by atoms with Gasteiger partial charge in [0.1, 0.15) is 11.5 Å². The topological polar surface area (TPSA) is 86.6 Å². The maximum atomic E-state index is 12.6. The number of fused-ring (bicyclic) bond motifs is 1. The molecule has 0 aliphatic rings. The van der Waals surface area contributed by atoms with Gasteiger partial charge in [0.05, 0.1) is 29.3 Å². The van der Waals surface area contributed by atoms with Crippen molar-refractivity contribution in [1.82, 2.24) is 9.29 Å². The summed E-state index contributed by atoms with van der Waals surface area (Å²) in [5.41, 5.74) is 1.36. The highest BCUT2D eigenvalue weighted by atomic mass is 32.2. The Morgan fingerprint density at radius 3 is 2.58 bits per heavy atom. The van der Waals surface area contributed by atoms with Crippen molar-refractivity contribution in [2.75, 3.05) is 14.2 Å². The first-order valence-electron chi connectivity index (χ1n) is 7.66. The SMILES string of the molecule is COc1ccc(OC)c(CNS(=O)(=O)c2ccc3c(c2)sc(=O)n3C)c1. The van der Waals surface area contributed by atoms with E-state index in [9.17, 15) is 13.2 Å². The van der Waals surface area contributed by atoms with Crippen LogP contribution in [0.4, 0.5) is 0 Å². The third-order valence-corrected chi connectivity index (χ3v) is 6.41. The van der Waals surface area contributed by atoms with Gasteiger partial charge >= 0.3 is 4.87 Å². The van der Waals surface area contributed by atoms with Crippen molar-refractivity contribution < 1.29 is 17.9 Å². The molecule has 3 rings (SSSR count). The molecule has 0 radical (unpaired) electrons. The van der Waals surface area contributed by atoms with Crippen molar-refractivity contribution in [3.63, 3.8) is 0 Å². The van der Waals surface area contributed by atoms with E-state index < -0.39 is 10.0 Å². The molecular weight excluding hydrogens is 376 g/mol. The van der Waals surface area contributed by atoms with Crippen LogP contribution in [0.3, 0.4) is 0 Å². The van der Waals surface area contributed by atoms with Crippen LogP contribution in [0.2, 0.25) is 0 Å². The monoisotopic (exact) mass is 394 g/mol. The molecular formula is C17H18N2O5S2. The molecule has 0 aliphatic heterocycles. The summed E-state index contributed by atoms with van der Waals surface area (Å²) in [6.45, 7) is 0.0474. The number of ether oxygens (including phenoxy) is 2. The molecule has 0 bridgehead atoms. The van der Waals surface area contributed by atoms with E-state index in [4.69, 9.17) is 9.47 Å². The second-order valence-corrected chi connectivity index (χ2v) is 8.32. The van der Waals surface area contributed by atoms with Crippen molar-refractivity contribution in [2.45, 2.75) is 11.4 Å². The Labute approximate surface area is 154 Å². The minimum absolute atomic E-state index is 0.0474. The van der Waals surface area contributed by atoms with Crippen LogP contribution >= 0.6 is 11.3 Å². The van der Waals surface area contributed by atoms with Gasteiger partial charge in [-0.05, 0) is 36.4 Å². The second kappa shape index (κ2) is 7.10. The molecule has 0 amide bonds. The smallest absolute Gasteiger partial charge is 0.307 e. The van der Waals surface area contributed by atoms with Crippen molar-refractivity contribution >= 4 is 31.6 Å². The highest BCUT2D eigenvalue weighted by Gasteiger charge is 2.17. The lowest BCUT2D eigenvalue weighted by molar-refractivity contribution is 0.398. The molecule has 7 nitrogen and oxygen atoms in total. The quantitative estimate of drug-likeness (QED) is 0.692. The average Bonchev–Trinajstić information content (AvgIpc) is 2.93. The Kier molecular flexibility index (Phi) is 5.03. The van der Waals surface area contributed by atoms with Crippen LogP contribution in [-0.2, 0) is 23.6 Å². The van der Waals surface area contributed by atoms with Crippen LogP contribution in [0.15, 0.2) is 46.1 Å². The van der Waals surface area contributed by atoms with Gasteiger partial charge in [0.2, 0.25) is 10.0 Å². The third kappa shape index (κ3) is 3.46. The maximum Gasteiger partial charge on any atom is 0.307 e. The number of nitrogens with zero attached hydrogens (tertiary/aromatic N) is 1. The zero-order chi connectivity index (χ0) is 18.9. The lowest BCUT2D eigenvalue weighted by atomic mass is 10.2. The van der Waals surface area contributed by atoms with Gasteiger partial charge in [-0.15, -0.1) is 0 Å². The minimum atomic E-state index is -3.75. The van der Waals surface area contributed by atoms with Crippen LogP contribution < -0.4 is 19.1 Å². The van der Waals surface area contributed by atoms with E-state index in [2.05, 4.69) is 4.72 Å². The number of nitrogens with one attached hydrogen (secondary N) is 1. The first-order valence-corrected chi connectivity index (χ1v) is 9.96. The Hall–Kier alpha value is -2.36. The lowest BCUT2D eigenvalue weighted by Crippen LogP contribution is -2.23. The molecule has 2 aromatic carbocycles. The number of hydrogen-bond acceptors (Lipinski definition) is 6. The average molecular weight is 394 g/mol. The highest BCUT2D eigenvalue weighted by Crippen LogP contribution is 2.25. The number of aryl methyl sites for hydroxylation is 1. The van der Waals surface area contributed by atoms with Crippen LogP contribution in [0.5, 0.6) is 11.5 Å². The summed E-state index contributed by atoms with van der Waals surface area (Å²) in [7, 11) is 0.963. The first kappa shape index (κ1) is 18.4. The van der Waals surface area contributed by atoms with Gasteiger partial charge in [0.15, 0.2) is 0 Å². The summed E-state index contributed by atoms with van der Waals surface area (Å²) < 4.78 is 40.4. The molecule has 9 heteroatoms. The number of thiazole rings is 1. The molecule has 0 unspecified atom stereocenters. The standard InChI is InChI=1S/C17H18N2O5S2/c1-19-14-6-5-13(9-16(14)25-17(19)20)26(21,22)18-10-11-8-12(23-2)4-7-15(11)24-3/h4-9,18H,10H2,1-3H3. The van der Waals surface area contributed by atoms with Crippen LogP contribution in [0.1, 0.15) is 5.56 Å². The molecule has 0 atom stereocenters. The number of sulfonamides is 1. The summed E-state index contributed by atoms with van der Waals surface area (Å²) >= 11 is 1.01. The highest BCUT2D eigenvalue weighted by molar-refractivity contribution is 7.89. The molecule has 0 saturated heterocycles. The van der Waals surface area contributed by atoms with Crippen LogP contribution in [-0.4, -0.2) is 27.2 Å². The van der Waals surface area contributed by atoms with E-state index in [1.54, 1.807) is 31.3 Å². The summed E-state index contributed by atoms with van der Waals surface area (Å²) in [4.78, 5) is 11.7. The molecule has 1 aromatic heterocycles. The molecule has 1 heterocycles. The summed E-state index contributed by atoms with van der Waals surface area (Å²) in [5, 5.41) is 0. The van der Waals surface area contributed by atoms with Gasteiger partial charge in [0, 0.05) is 19.2 Å². The van der Waals surface area contributed by atoms with Gasteiger partial charge in [-0.1, -0.05) is 11.3 Å². The van der Waals surface area contributed by atoms with E-state index in [1.807, 2.05) is 0 Å². The predicted molar refractivity (Wildman–Crippen MR) is 101 cm³/mol.